The summed E-state index contributed by atoms with van der Waals surface area (Å²) in [4.78, 5) is 19.7. The Morgan fingerprint density at radius 2 is 1.69 bits per heavy atom. The summed E-state index contributed by atoms with van der Waals surface area (Å²) in [6, 6.07) is 10.8. The average Bonchev–Trinajstić information content (AvgIpc) is 2.66. The van der Waals surface area contributed by atoms with Crippen LogP contribution in [0.1, 0.15) is 19.4 Å². The maximum atomic E-state index is 12.8. The molecule has 0 aliphatic carbocycles. The zero-order valence-corrected chi connectivity index (χ0v) is 16.7. The van der Waals surface area contributed by atoms with Crippen molar-refractivity contribution in [3.05, 3.63) is 74.3 Å². The third-order valence-electron chi connectivity index (χ3n) is 3.92. The van der Waals surface area contributed by atoms with Crippen molar-refractivity contribution < 1.29 is 23.0 Å². The van der Waals surface area contributed by atoms with Crippen LogP contribution in [0, 0.1) is 20.2 Å². The first-order valence-electron chi connectivity index (χ1n) is 8.71. The molecule has 0 spiro atoms. The lowest BCUT2D eigenvalue weighted by atomic mass is 10.1. The van der Waals surface area contributed by atoms with E-state index in [1.807, 2.05) is 30.3 Å². The number of hydrogen-bond acceptors (Lipinski definition) is 7. The van der Waals surface area contributed by atoms with Crippen LogP contribution in [0.2, 0.25) is 0 Å². The molecule has 0 aromatic heterocycles. The number of sulfonamides is 1. The Kier molecular flexibility index (Phi) is 7.37. The molecule has 0 unspecified atom stereocenters. The Labute approximate surface area is 167 Å². The third-order valence-corrected chi connectivity index (χ3v) is 5.48. The van der Waals surface area contributed by atoms with Crippen LogP contribution in [0.15, 0.2) is 53.4 Å². The van der Waals surface area contributed by atoms with Crippen molar-refractivity contribution in [3.63, 3.8) is 0 Å². The molecule has 156 valence electrons. The molecule has 0 saturated carbocycles. The number of nitrogens with one attached hydrogen (secondary N) is 1. The van der Waals surface area contributed by atoms with Gasteiger partial charge in [-0.2, -0.15) is 0 Å². The van der Waals surface area contributed by atoms with E-state index >= 15 is 0 Å². The molecule has 1 atom stereocenters. The van der Waals surface area contributed by atoms with Gasteiger partial charge in [-0.25, -0.2) is 13.1 Å². The van der Waals surface area contributed by atoms with Crippen molar-refractivity contribution in [2.75, 3.05) is 6.61 Å². The molecule has 0 amide bonds. The maximum Gasteiger partial charge on any atom is 0.296 e. The molecule has 0 radical (unpaired) electrons. The molecule has 0 aliphatic heterocycles. The molecule has 1 N–H and O–H groups in total. The molecule has 0 aliphatic rings. The van der Waals surface area contributed by atoms with E-state index in [0.717, 1.165) is 17.7 Å². The number of rotatable bonds is 10. The van der Waals surface area contributed by atoms with Crippen LogP contribution in [0.4, 0.5) is 11.4 Å². The molecule has 10 nitrogen and oxygen atoms in total. The fourth-order valence-corrected chi connectivity index (χ4v) is 3.99. The summed E-state index contributed by atoms with van der Waals surface area (Å²) in [6.45, 7) is 3.65. The minimum atomic E-state index is -4.34. The minimum absolute atomic E-state index is 0.0482. The summed E-state index contributed by atoms with van der Waals surface area (Å²) < 4.78 is 33.7. The highest BCUT2D eigenvalue weighted by Gasteiger charge is 2.30. The van der Waals surface area contributed by atoms with E-state index in [1.165, 1.54) is 0 Å². The van der Waals surface area contributed by atoms with Crippen molar-refractivity contribution >= 4 is 21.4 Å². The Hall–Kier alpha value is -2.89. The van der Waals surface area contributed by atoms with Gasteiger partial charge in [-0.1, -0.05) is 30.3 Å². The molecule has 0 heterocycles. The highest BCUT2D eigenvalue weighted by atomic mass is 32.2. The van der Waals surface area contributed by atoms with Crippen molar-refractivity contribution in [3.8, 4) is 0 Å². The van der Waals surface area contributed by atoms with Gasteiger partial charge in [0.25, 0.3) is 11.4 Å². The first kappa shape index (κ1) is 22.4. The molecule has 11 heteroatoms. The maximum absolute atomic E-state index is 12.8. The first-order chi connectivity index (χ1) is 13.6. The van der Waals surface area contributed by atoms with Gasteiger partial charge in [0, 0.05) is 12.1 Å². The normalized spacial score (nSPS) is 12.7. The second-order valence-electron chi connectivity index (χ2n) is 6.56. The lowest BCUT2D eigenvalue weighted by Crippen LogP contribution is -2.40. The van der Waals surface area contributed by atoms with E-state index in [2.05, 4.69) is 4.72 Å². The number of benzene rings is 2. The summed E-state index contributed by atoms with van der Waals surface area (Å²) in [5.41, 5.74) is -0.583. The first-order valence-corrected chi connectivity index (χ1v) is 10.2. The summed E-state index contributed by atoms with van der Waals surface area (Å²) in [5.74, 6) is 0. The van der Waals surface area contributed by atoms with E-state index in [9.17, 15) is 28.6 Å². The highest BCUT2D eigenvalue weighted by molar-refractivity contribution is 7.89. The Bertz CT molecular complexity index is 978. The molecule has 0 saturated heterocycles. The zero-order valence-electron chi connectivity index (χ0n) is 15.8. The number of nitrogens with zero attached hydrogens (tertiary/aromatic N) is 2. The van der Waals surface area contributed by atoms with Gasteiger partial charge >= 0.3 is 0 Å². The molecule has 29 heavy (non-hydrogen) atoms. The van der Waals surface area contributed by atoms with Gasteiger partial charge in [0.15, 0.2) is 4.90 Å². The monoisotopic (exact) mass is 423 g/mol. The number of non-ortho nitro benzene ring substituents is 1. The van der Waals surface area contributed by atoms with Gasteiger partial charge in [0.1, 0.15) is 0 Å². The predicted octanol–water partition coefficient (Wildman–Crippen LogP) is 2.82. The fraction of sp³-hybridized carbons (Fsp3) is 0.333. The van der Waals surface area contributed by atoms with Crippen molar-refractivity contribution in [1.29, 1.82) is 0 Å². The average molecular weight is 423 g/mol. The Morgan fingerprint density at radius 3 is 2.24 bits per heavy atom. The zero-order chi connectivity index (χ0) is 21.6. The Balaban J connectivity index is 2.35. The smallest absolute Gasteiger partial charge is 0.296 e. The van der Waals surface area contributed by atoms with E-state index in [4.69, 9.17) is 4.74 Å². The second kappa shape index (κ2) is 9.54. The van der Waals surface area contributed by atoms with Gasteiger partial charge in [-0.15, -0.1) is 0 Å². The number of nitro groups is 2. The van der Waals surface area contributed by atoms with E-state index < -0.39 is 42.2 Å². The summed E-state index contributed by atoms with van der Waals surface area (Å²) in [6.07, 6.45) is 0.152. The van der Waals surface area contributed by atoms with Crippen LogP contribution in [0.5, 0.6) is 0 Å². The van der Waals surface area contributed by atoms with Crippen LogP contribution in [0.3, 0.4) is 0 Å². The molecular formula is C18H21N3O7S. The molecule has 0 fully saturated rings. The van der Waals surface area contributed by atoms with Crippen LogP contribution in [-0.2, 0) is 21.2 Å². The lowest BCUT2D eigenvalue weighted by Gasteiger charge is -2.20. The number of nitro benzene ring substituents is 2. The molecule has 2 aromatic carbocycles. The van der Waals surface area contributed by atoms with Crippen molar-refractivity contribution in [1.82, 2.24) is 4.72 Å². The molecule has 0 bridgehead atoms. The van der Waals surface area contributed by atoms with Crippen molar-refractivity contribution in [2.24, 2.45) is 0 Å². The van der Waals surface area contributed by atoms with Gasteiger partial charge in [-0.05, 0) is 31.9 Å². The SMILES string of the molecule is CC(C)OC[C@H](Cc1ccccc1)NS(=O)(=O)c1ccc([N+](=O)[O-])cc1[N+](=O)[O-]. The van der Waals surface area contributed by atoms with Crippen molar-refractivity contribution in [2.45, 2.75) is 37.3 Å². The highest BCUT2D eigenvalue weighted by Crippen LogP contribution is 2.28. The standard InChI is InChI=1S/C18H21N3O7S/c1-13(2)28-12-15(10-14-6-4-3-5-7-14)19-29(26,27)18-9-8-16(20(22)23)11-17(18)21(24)25/h3-9,11,13,15,19H,10,12H2,1-2H3/t15-/m0/s1. The van der Waals surface area contributed by atoms with E-state index in [1.54, 1.807) is 13.8 Å². The number of ether oxygens (including phenoxy) is 1. The second-order valence-corrected chi connectivity index (χ2v) is 8.24. The summed E-state index contributed by atoms with van der Waals surface area (Å²) >= 11 is 0. The third kappa shape index (κ3) is 6.31. The lowest BCUT2D eigenvalue weighted by molar-refractivity contribution is -0.396. The topological polar surface area (TPSA) is 142 Å². The number of hydrogen-bond donors (Lipinski definition) is 1. The van der Waals surface area contributed by atoms with Crippen LogP contribution < -0.4 is 4.72 Å². The molecular weight excluding hydrogens is 402 g/mol. The molecule has 2 aromatic rings. The van der Waals surface area contributed by atoms with Crippen LogP contribution in [-0.4, -0.2) is 37.0 Å². The van der Waals surface area contributed by atoms with E-state index in [0.29, 0.717) is 12.5 Å². The van der Waals surface area contributed by atoms with Gasteiger partial charge in [0.05, 0.1) is 28.6 Å². The predicted molar refractivity (Wildman–Crippen MR) is 105 cm³/mol. The van der Waals surface area contributed by atoms with Crippen LogP contribution in [0.25, 0.3) is 0 Å². The minimum Gasteiger partial charge on any atom is -0.377 e. The fourth-order valence-electron chi connectivity index (χ4n) is 2.61. The summed E-state index contributed by atoms with van der Waals surface area (Å²) in [7, 11) is -4.34. The molecule has 2 rings (SSSR count). The quantitative estimate of drug-likeness (QED) is 0.457. The van der Waals surface area contributed by atoms with Gasteiger partial charge < -0.3 is 4.74 Å². The van der Waals surface area contributed by atoms with Gasteiger partial charge in [0.2, 0.25) is 10.0 Å². The summed E-state index contributed by atoms with van der Waals surface area (Å²) in [5, 5.41) is 22.2. The van der Waals surface area contributed by atoms with Gasteiger partial charge in [-0.3, -0.25) is 20.2 Å². The van der Waals surface area contributed by atoms with E-state index in [-0.39, 0.29) is 12.7 Å². The largest absolute Gasteiger partial charge is 0.377 e. The van der Waals surface area contributed by atoms with Crippen LogP contribution >= 0.6 is 0 Å². The Morgan fingerprint density at radius 1 is 1.03 bits per heavy atom.